The van der Waals surface area contributed by atoms with Crippen molar-refractivity contribution in [1.82, 2.24) is 5.59 Å². The highest BCUT2D eigenvalue weighted by molar-refractivity contribution is 4.00. The Morgan fingerprint density at radius 2 is 2.57 bits per heavy atom. The Balaban J connectivity index is 2.69. The molecule has 0 radical (unpaired) electrons. The molecule has 42 valence electrons. The Morgan fingerprint density at radius 1 is 1.86 bits per heavy atom. The van der Waals surface area contributed by atoms with E-state index in [1.54, 1.807) is 0 Å². The summed E-state index contributed by atoms with van der Waals surface area (Å²) in [4.78, 5) is 4.34. The fourth-order valence-electron chi connectivity index (χ4n) is 0.107. The quantitative estimate of drug-likeness (QED) is 0.218. The maximum atomic E-state index is 4.88. The zero-order valence-corrected chi connectivity index (χ0v) is 4.09. The molecule has 7 heavy (non-hydrogen) atoms. The van der Waals surface area contributed by atoms with Crippen molar-refractivity contribution in [3.8, 4) is 0 Å². The summed E-state index contributed by atoms with van der Waals surface area (Å²) in [5.41, 5.74) is 7.00. The molecular formula is C2H8N4O. The van der Waals surface area contributed by atoms with Crippen LogP contribution in [0.3, 0.4) is 0 Å². The number of rotatable bonds is 3. The van der Waals surface area contributed by atoms with Gasteiger partial charge in [-0.3, -0.25) is 0 Å². The average Bonchev–Trinajstić information content (AvgIpc) is 1.69. The van der Waals surface area contributed by atoms with Crippen molar-refractivity contribution in [2.45, 2.75) is 0 Å². The van der Waals surface area contributed by atoms with Gasteiger partial charge in [0.15, 0.2) is 0 Å². The van der Waals surface area contributed by atoms with Gasteiger partial charge in [0.05, 0.1) is 7.05 Å². The molecule has 0 aliphatic carbocycles. The highest BCUT2D eigenvalue weighted by Gasteiger charge is 1.67. The molecule has 0 spiro atoms. The largest absolute Gasteiger partial charge is 0.306 e. The predicted molar refractivity (Wildman–Crippen MR) is 24.1 cm³/mol. The molecule has 3 N–H and O–H groups in total. The molecule has 0 heterocycles. The Kier molecular flexibility index (Phi) is 4.80. The summed E-state index contributed by atoms with van der Waals surface area (Å²) in [5, 5.41) is 6.54. The second-order valence-electron chi connectivity index (χ2n) is 0.702. The van der Waals surface area contributed by atoms with Crippen LogP contribution in [0.2, 0.25) is 0 Å². The second-order valence-corrected chi connectivity index (χ2v) is 0.702. The van der Waals surface area contributed by atoms with Crippen molar-refractivity contribution in [2.75, 3.05) is 13.8 Å². The van der Waals surface area contributed by atoms with Gasteiger partial charge in [-0.15, -0.1) is 0 Å². The summed E-state index contributed by atoms with van der Waals surface area (Å²) in [6.45, 7) is 0.0962. The SMILES string of the molecule is CN=NNOCN. The van der Waals surface area contributed by atoms with E-state index in [0.29, 0.717) is 0 Å². The highest BCUT2D eigenvalue weighted by Crippen LogP contribution is 1.59. The lowest BCUT2D eigenvalue weighted by atomic mass is 11.4. The second kappa shape index (κ2) is 5.32. The maximum Gasteiger partial charge on any atom is 0.124 e. The van der Waals surface area contributed by atoms with E-state index < -0.39 is 0 Å². The van der Waals surface area contributed by atoms with E-state index in [1.165, 1.54) is 7.05 Å². The van der Waals surface area contributed by atoms with Gasteiger partial charge in [-0.1, -0.05) is 5.22 Å². The zero-order chi connectivity index (χ0) is 5.54. The number of nitrogens with two attached hydrogens (primary N) is 1. The van der Waals surface area contributed by atoms with Gasteiger partial charge in [0, 0.05) is 0 Å². The van der Waals surface area contributed by atoms with Crippen molar-refractivity contribution in [3.05, 3.63) is 0 Å². The summed E-state index contributed by atoms with van der Waals surface area (Å²) in [7, 11) is 1.52. The standard InChI is InChI=1S/C2H8N4O/c1-4-5-6-7-2-3/h2-3H2,1H3,(H,4,6). The van der Waals surface area contributed by atoms with E-state index in [4.69, 9.17) is 5.73 Å². The Morgan fingerprint density at radius 3 is 3.00 bits per heavy atom. The summed E-state index contributed by atoms with van der Waals surface area (Å²) in [6, 6.07) is 0. The van der Waals surface area contributed by atoms with Crippen LogP contribution in [0.5, 0.6) is 0 Å². The van der Waals surface area contributed by atoms with Crippen molar-refractivity contribution >= 4 is 0 Å². The van der Waals surface area contributed by atoms with E-state index in [1.807, 2.05) is 0 Å². The van der Waals surface area contributed by atoms with Crippen molar-refractivity contribution in [3.63, 3.8) is 0 Å². The molecule has 5 heteroatoms. The van der Waals surface area contributed by atoms with Crippen LogP contribution in [0.15, 0.2) is 10.3 Å². The summed E-state index contributed by atoms with van der Waals surface area (Å²) in [5.74, 6) is 0. The lowest BCUT2D eigenvalue weighted by molar-refractivity contribution is 0.0423. The fourth-order valence-corrected chi connectivity index (χ4v) is 0.107. The van der Waals surface area contributed by atoms with E-state index in [9.17, 15) is 0 Å². The first-order chi connectivity index (χ1) is 3.41. The fraction of sp³-hybridized carbons (Fsp3) is 1.00. The van der Waals surface area contributed by atoms with Crippen molar-refractivity contribution in [2.24, 2.45) is 16.1 Å². The van der Waals surface area contributed by atoms with Gasteiger partial charge in [-0.2, -0.15) is 10.7 Å². The van der Waals surface area contributed by atoms with Crippen LogP contribution < -0.4 is 11.3 Å². The Labute approximate surface area is 41.5 Å². The third kappa shape index (κ3) is 5.32. The van der Waals surface area contributed by atoms with Crippen LogP contribution in [0, 0.1) is 0 Å². The van der Waals surface area contributed by atoms with Crippen LogP contribution in [-0.4, -0.2) is 13.8 Å². The number of nitrogens with zero attached hydrogens (tertiary/aromatic N) is 2. The number of hydrogen-bond acceptors (Lipinski definition) is 4. The molecule has 0 unspecified atom stereocenters. The van der Waals surface area contributed by atoms with E-state index in [0.717, 1.165) is 0 Å². The van der Waals surface area contributed by atoms with Crippen LogP contribution >= 0.6 is 0 Å². The van der Waals surface area contributed by atoms with Crippen molar-refractivity contribution < 1.29 is 4.84 Å². The molecule has 0 aromatic carbocycles. The summed E-state index contributed by atoms with van der Waals surface area (Å²) >= 11 is 0. The van der Waals surface area contributed by atoms with E-state index in [-0.39, 0.29) is 6.73 Å². The Hall–Kier alpha value is -0.680. The maximum absolute atomic E-state index is 4.88. The molecule has 0 rings (SSSR count). The van der Waals surface area contributed by atoms with Gasteiger partial charge < -0.3 is 5.73 Å². The number of nitrogens with one attached hydrogen (secondary N) is 1. The van der Waals surface area contributed by atoms with Gasteiger partial charge >= 0.3 is 0 Å². The topological polar surface area (TPSA) is 72.0 Å². The lowest BCUT2D eigenvalue weighted by Crippen LogP contribution is -2.13. The first-order valence-electron chi connectivity index (χ1n) is 1.77. The number of hydrogen-bond donors (Lipinski definition) is 2. The molecule has 0 saturated carbocycles. The monoisotopic (exact) mass is 104 g/mol. The molecule has 0 bridgehead atoms. The summed E-state index contributed by atoms with van der Waals surface area (Å²) in [6.07, 6.45) is 0. The van der Waals surface area contributed by atoms with E-state index >= 15 is 0 Å². The van der Waals surface area contributed by atoms with Crippen LogP contribution in [0.1, 0.15) is 0 Å². The van der Waals surface area contributed by atoms with Gasteiger partial charge in [0.2, 0.25) is 0 Å². The highest BCUT2D eigenvalue weighted by atomic mass is 16.7. The molecule has 0 aromatic rings. The zero-order valence-electron chi connectivity index (χ0n) is 4.09. The normalized spacial score (nSPS) is 10.0. The molecule has 0 fully saturated rings. The first-order valence-corrected chi connectivity index (χ1v) is 1.77. The molecule has 5 nitrogen and oxygen atoms in total. The minimum Gasteiger partial charge on any atom is -0.306 e. The van der Waals surface area contributed by atoms with Gasteiger partial charge in [-0.05, 0) is 0 Å². The predicted octanol–water partition coefficient (Wildman–Crippen LogP) is -0.579. The first kappa shape index (κ1) is 6.32. The van der Waals surface area contributed by atoms with Gasteiger partial charge in [0.25, 0.3) is 0 Å². The smallest absolute Gasteiger partial charge is 0.124 e. The third-order valence-corrected chi connectivity index (χ3v) is 0.289. The third-order valence-electron chi connectivity index (χ3n) is 0.289. The van der Waals surface area contributed by atoms with Crippen LogP contribution in [0.25, 0.3) is 0 Å². The molecule has 0 aliphatic heterocycles. The Bertz CT molecular complexity index is 53.7. The molecular weight excluding hydrogens is 96.0 g/mol. The van der Waals surface area contributed by atoms with Crippen LogP contribution in [0.4, 0.5) is 0 Å². The van der Waals surface area contributed by atoms with Crippen molar-refractivity contribution in [1.29, 1.82) is 0 Å². The molecule has 0 aromatic heterocycles. The molecule has 0 amide bonds. The van der Waals surface area contributed by atoms with Gasteiger partial charge in [-0.25, -0.2) is 4.84 Å². The molecule has 0 aliphatic rings. The average molecular weight is 104 g/mol. The minimum atomic E-state index is 0.0962. The summed E-state index contributed by atoms with van der Waals surface area (Å²) < 4.78 is 0. The van der Waals surface area contributed by atoms with Gasteiger partial charge in [0.1, 0.15) is 6.73 Å². The van der Waals surface area contributed by atoms with E-state index in [2.05, 4.69) is 20.8 Å². The molecule has 0 atom stereocenters. The minimum absolute atomic E-state index is 0.0962. The molecule has 0 saturated heterocycles. The van der Waals surface area contributed by atoms with Crippen LogP contribution in [-0.2, 0) is 4.84 Å². The lowest BCUT2D eigenvalue weighted by Gasteiger charge is -1.91.